The van der Waals surface area contributed by atoms with Gasteiger partial charge in [-0.25, -0.2) is 4.39 Å². The van der Waals surface area contributed by atoms with Gasteiger partial charge in [-0.2, -0.15) is 5.26 Å². The van der Waals surface area contributed by atoms with E-state index >= 15 is 0 Å². The molecule has 1 aromatic carbocycles. The van der Waals surface area contributed by atoms with Crippen LogP contribution in [0.1, 0.15) is 12.5 Å². The number of nitrogens with zero attached hydrogens (tertiary/aromatic N) is 1. The third-order valence-corrected chi connectivity index (χ3v) is 1.81. The van der Waals surface area contributed by atoms with E-state index in [2.05, 4.69) is 5.32 Å². The molecule has 0 amide bonds. The van der Waals surface area contributed by atoms with E-state index in [4.69, 9.17) is 10.00 Å². The summed E-state index contributed by atoms with van der Waals surface area (Å²) in [5.41, 5.74) is 0.917. The highest BCUT2D eigenvalue weighted by Gasteiger charge is 1.99. The highest BCUT2D eigenvalue weighted by atomic mass is 19.1. The molecule has 0 radical (unpaired) electrons. The van der Waals surface area contributed by atoms with Gasteiger partial charge in [0.05, 0.1) is 18.2 Å². The van der Waals surface area contributed by atoms with Crippen LogP contribution >= 0.6 is 0 Å². The maximum Gasteiger partial charge on any atom is 0.126 e. The molecule has 0 heterocycles. The van der Waals surface area contributed by atoms with Crippen LogP contribution in [0, 0.1) is 17.1 Å². The molecule has 0 atom stereocenters. The Kier molecular flexibility index (Phi) is 4.58. The Morgan fingerprint density at radius 2 is 2.27 bits per heavy atom. The molecule has 0 fully saturated rings. The van der Waals surface area contributed by atoms with Gasteiger partial charge in [-0.1, -0.05) is 0 Å². The van der Waals surface area contributed by atoms with Crippen molar-refractivity contribution >= 4 is 5.69 Å². The van der Waals surface area contributed by atoms with Gasteiger partial charge >= 0.3 is 0 Å². The van der Waals surface area contributed by atoms with Gasteiger partial charge in [-0.3, -0.25) is 0 Å². The summed E-state index contributed by atoms with van der Waals surface area (Å²) in [6.07, 6.45) is 0. The van der Waals surface area contributed by atoms with Crippen molar-refractivity contribution in [1.29, 1.82) is 5.26 Å². The molecule has 0 aliphatic carbocycles. The number of hydrogen-bond acceptors (Lipinski definition) is 3. The topological polar surface area (TPSA) is 45.0 Å². The predicted molar refractivity (Wildman–Crippen MR) is 56.1 cm³/mol. The zero-order valence-electron chi connectivity index (χ0n) is 8.59. The molecular weight excluding hydrogens is 195 g/mol. The molecule has 4 heteroatoms. The number of ether oxygens (including phenoxy) is 1. The van der Waals surface area contributed by atoms with E-state index in [-0.39, 0.29) is 0 Å². The van der Waals surface area contributed by atoms with Crippen molar-refractivity contribution < 1.29 is 9.13 Å². The van der Waals surface area contributed by atoms with Crippen molar-refractivity contribution in [3.63, 3.8) is 0 Å². The SMILES string of the molecule is CCOCCNc1cc(F)cc(C#N)c1. The highest BCUT2D eigenvalue weighted by molar-refractivity contribution is 5.49. The van der Waals surface area contributed by atoms with E-state index in [1.807, 2.05) is 13.0 Å². The maximum atomic E-state index is 13.0. The van der Waals surface area contributed by atoms with E-state index in [1.54, 1.807) is 6.07 Å². The van der Waals surface area contributed by atoms with Gasteiger partial charge in [0.1, 0.15) is 5.82 Å². The molecule has 15 heavy (non-hydrogen) atoms. The first-order valence-electron chi connectivity index (χ1n) is 4.78. The zero-order valence-corrected chi connectivity index (χ0v) is 8.59. The first-order valence-corrected chi connectivity index (χ1v) is 4.78. The molecule has 0 bridgehead atoms. The van der Waals surface area contributed by atoms with Crippen LogP contribution in [0.3, 0.4) is 0 Å². The predicted octanol–water partition coefficient (Wildman–Crippen LogP) is 2.15. The lowest BCUT2D eigenvalue weighted by molar-refractivity contribution is 0.158. The van der Waals surface area contributed by atoms with E-state index in [0.717, 1.165) is 0 Å². The summed E-state index contributed by atoms with van der Waals surface area (Å²) in [5.74, 6) is -0.409. The van der Waals surface area contributed by atoms with Crippen molar-refractivity contribution in [2.75, 3.05) is 25.1 Å². The third-order valence-electron chi connectivity index (χ3n) is 1.81. The summed E-state index contributed by atoms with van der Waals surface area (Å²) in [6, 6.07) is 6.06. The number of nitrogens with one attached hydrogen (secondary N) is 1. The molecule has 0 aromatic heterocycles. The molecule has 1 aromatic rings. The van der Waals surface area contributed by atoms with Crippen LogP contribution in [0.5, 0.6) is 0 Å². The molecule has 80 valence electrons. The average Bonchev–Trinajstić information content (AvgIpc) is 2.23. The zero-order chi connectivity index (χ0) is 11.1. The summed E-state index contributed by atoms with van der Waals surface area (Å²) >= 11 is 0. The number of rotatable bonds is 5. The smallest absolute Gasteiger partial charge is 0.126 e. The minimum atomic E-state index is -0.409. The number of anilines is 1. The molecule has 0 unspecified atom stereocenters. The molecule has 3 nitrogen and oxygen atoms in total. The van der Waals surface area contributed by atoms with Gasteiger partial charge in [0.2, 0.25) is 0 Å². The Balaban J connectivity index is 2.54. The Morgan fingerprint density at radius 1 is 1.47 bits per heavy atom. The van der Waals surface area contributed by atoms with Crippen molar-refractivity contribution in [1.82, 2.24) is 0 Å². The lowest BCUT2D eigenvalue weighted by Gasteiger charge is -2.06. The quantitative estimate of drug-likeness (QED) is 0.754. The van der Waals surface area contributed by atoms with Crippen LogP contribution in [-0.2, 0) is 4.74 Å². The van der Waals surface area contributed by atoms with Crippen LogP contribution < -0.4 is 5.32 Å². The highest BCUT2D eigenvalue weighted by Crippen LogP contribution is 2.12. The second-order valence-corrected chi connectivity index (χ2v) is 2.96. The standard InChI is InChI=1S/C11H13FN2O/c1-2-15-4-3-14-11-6-9(8-13)5-10(12)7-11/h5-7,14H,2-4H2,1H3. The van der Waals surface area contributed by atoms with E-state index in [1.165, 1.54) is 12.1 Å². The minimum absolute atomic E-state index is 0.314. The van der Waals surface area contributed by atoms with E-state index in [0.29, 0.717) is 31.0 Å². The minimum Gasteiger partial charge on any atom is -0.383 e. The van der Waals surface area contributed by atoms with Gasteiger partial charge < -0.3 is 10.1 Å². The Morgan fingerprint density at radius 3 is 2.93 bits per heavy atom. The number of nitriles is 1. The summed E-state index contributed by atoms with van der Waals surface area (Å²) in [5, 5.41) is 11.6. The molecular formula is C11H13FN2O. The fourth-order valence-electron chi connectivity index (χ4n) is 1.17. The van der Waals surface area contributed by atoms with Crippen molar-refractivity contribution in [3.8, 4) is 6.07 Å². The van der Waals surface area contributed by atoms with Crippen LogP contribution in [0.2, 0.25) is 0 Å². The van der Waals surface area contributed by atoms with E-state index < -0.39 is 5.82 Å². The van der Waals surface area contributed by atoms with E-state index in [9.17, 15) is 4.39 Å². The van der Waals surface area contributed by atoms with Gasteiger partial charge in [0.15, 0.2) is 0 Å². The van der Waals surface area contributed by atoms with Crippen LogP contribution in [0.15, 0.2) is 18.2 Å². The normalized spacial score (nSPS) is 9.67. The number of halogens is 1. The van der Waals surface area contributed by atoms with Crippen molar-refractivity contribution in [2.45, 2.75) is 6.92 Å². The number of benzene rings is 1. The molecule has 0 saturated heterocycles. The first-order chi connectivity index (χ1) is 7.26. The fourth-order valence-corrected chi connectivity index (χ4v) is 1.17. The van der Waals surface area contributed by atoms with Crippen LogP contribution in [0.4, 0.5) is 10.1 Å². The molecule has 0 spiro atoms. The second kappa shape index (κ2) is 5.99. The molecule has 0 aliphatic rings. The van der Waals surface area contributed by atoms with Crippen molar-refractivity contribution in [3.05, 3.63) is 29.6 Å². The van der Waals surface area contributed by atoms with Crippen LogP contribution in [-0.4, -0.2) is 19.8 Å². The largest absolute Gasteiger partial charge is 0.383 e. The lowest BCUT2D eigenvalue weighted by Crippen LogP contribution is -2.09. The molecule has 0 aliphatic heterocycles. The molecule has 0 saturated carbocycles. The monoisotopic (exact) mass is 208 g/mol. The maximum absolute atomic E-state index is 13.0. The van der Waals surface area contributed by atoms with Gasteiger partial charge in [0, 0.05) is 18.8 Å². The molecule has 1 rings (SSSR count). The number of hydrogen-bond donors (Lipinski definition) is 1. The Hall–Kier alpha value is -1.60. The summed E-state index contributed by atoms with van der Waals surface area (Å²) in [4.78, 5) is 0. The van der Waals surface area contributed by atoms with Gasteiger partial charge in [-0.15, -0.1) is 0 Å². The Bertz CT molecular complexity index is 360. The molecule has 1 N–H and O–H groups in total. The summed E-state index contributed by atoms with van der Waals surface area (Å²) in [7, 11) is 0. The van der Waals surface area contributed by atoms with Crippen molar-refractivity contribution in [2.24, 2.45) is 0 Å². The first kappa shape index (κ1) is 11.5. The summed E-state index contributed by atoms with van der Waals surface area (Å²) < 4.78 is 18.1. The lowest BCUT2D eigenvalue weighted by atomic mass is 10.2. The van der Waals surface area contributed by atoms with Crippen LogP contribution in [0.25, 0.3) is 0 Å². The second-order valence-electron chi connectivity index (χ2n) is 2.96. The Labute approximate surface area is 88.5 Å². The van der Waals surface area contributed by atoms with Gasteiger partial charge in [0.25, 0.3) is 0 Å². The van der Waals surface area contributed by atoms with Gasteiger partial charge in [-0.05, 0) is 25.1 Å². The fraction of sp³-hybridized carbons (Fsp3) is 0.364. The summed E-state index contributed by atoms with van der Waals surface area (Å²) in [6.45, 7) is 3.74. The average molecular weight is 208 g/mol. The third kappa shape index (κ3) is 3.96.